The third-order valence-electron chi connectivity index (χ3n) is 5.11. The van der Waals surface area contributed by atoms with Gasteiger partial charge in [-0.1, -0.05) is 23.7 Å². The van der Waals surface area contributed by atoms with E-state index in [2.05, 4.69) is 0 Å². The van der Waals surface area contributed by atoms with E-state index >= 15 is 0 Å². The minimum absolute atomic E-state index is 0.613. The van der Waals surface area contributed by atoms with Crippen LogP contribution in [-0.2, 0) is 22.5 Å². The summed E-state index contributed by atoms with van der Waals surface area (Å²) in [6.07, 6.45) is 5.39. The number of nitrogens with zero attached hydrogens (tertiary/aromatic N) is 3. The Hall–Kier alpha value is -2.81. The van der Waals surface area contributed by atoms with Gasteiger partial charge in [0.25, 0.3) is 5.82 Å². The topological polar surface area (TPSA) is 78.5 Å². The number of ether oxygens (including phenoxy) is 1. The lowest BCUT2D eigenvalue weighted by Crippen LogP contribution is -2.40. The van der Waals surface area contributed by atoms with Gasteiger partial charge >= 0.3 is 0 Å². The summed E-state index contributed by atoms with van der Waals surface area (Å²) in [5.41, 5.74) is 2.44. The fourth-order valence-corrected chi connectivity index (χ4v) is 4.61. The molecule has 0 fully saturated rings. The zero-order valence-electron chi connectivity index (χ0n) is 17.2. The molecule has 1 aliphatic rings. The van der Waals surface area contributed by atoms with E-state index in [4.69, 9.17) is 16.3 Å². The quantitative estimate of drug-likeness (QED) is 0.413. The van der Waals surface area contributed by atoms with Crippen molar-refractivity contribution in [2.24, 2.45) is 0 Å². The lowest BCUT2D eigenvalue weighted by molar-refractivity contribution is -0.654. The average molecular weight is 460 g/mol. The Labute approximate surface area is 186 Å². The molecular formula is C22H22ClN3O4S. The fourth-order valence-electron chi connectivity index (χ4n) is 3.86. The second kappa shape index (κ2) is 8.37. The third-order valence-corrected chi connectivity index (χ3v) is 5.92. The molecule has 0 saturated carbocycles. The number of hydrogen-bond acceptors (Lipinski definition) is 5. The van der Waals surface area contributed by atoms with Crippen molar-refractivity contribution < 1.29 is 22.3 Å². The molecule has 162 valence electrons. The molecule has 7 nitrogen and oxygen atoms in total. The lowest BCUT2D eigenvalue weighted by Gasteiger charge is -2.15. The van der Waals surface area contributed by atoms with E-state index in [1.807, 2.05) is 65.8 Å². The summed E-state index contributed by atoms with van der Waals surface area (Å²) in [6, 6.07) is 12.9. The van der Waals surface area contributed by atoms with Gasteiger partial charge < -0.3 is 14.2 Å². The molecule has 0 saturated heterocycles. The van der Waals surface area contributed by atoms with Crippen LogP contribution in [0.5, 0.6) is 5.75 Å². The van der Waals surface area contributed by atoms with E-state index in [9.17, 15) is 13.0 Å². The minimum Gasteiger partial charge on any atom is -0.745 e. The van der Waals surface area contributed by atoms with E-state index in [1.165, 1.54) is 4.57 Å². The van der Waals surface area contributed by atoms with Crippen molar-refractivity contribution in [3.8, 4) is 5.75 Å². The van der Waals surface area contributed by atoms with Crippen molar-refractivity contribution in [1.82, 2.24) is 4.57 Å². The van der Waals surface area contributed by atoms with Crippen LogP contribution in [0.3, 0.4) is 0 Å². The van der Waals surface area contributed by atoms with Crippen LogP contribution in [0.25, 0.3) is 17.1 Å². The third kappa shape index (κ3) is 4.19. The molecule has 3 aromatic rings. The highest BCUT2D eigenvalue weighted by molar-refractivity contribution is 7.84. The number of halogens is 1. The van der Waals surface area contributed by atoms with Gasteiger partial charge in [-0.3, -0.25) is 0 Å². The summed E-state index contributed by atoms with van der Waals surface area (Å²) in [6.45, 7) is 5.29. The SMILES string of the molecule is CCN1/C(=C/C=C/c2n(CC)c3ccccc3[n+]2CS(=O)(=O)[O-])Oc2ccc(Cl)cc21. The van der Waals surface area contributed by atoms with E-state index in [0.29, 0.717) is 35.3 Å². The molecule has 31 heavy (non-hydrogen) atoms. The maximum atomic E-state index is 11.6. The summed E-state index contributed by atoms with van der Waals surface area (Å²) >= 11 is 6.12. The molecule has 1 aromatic heterocycles. The highest BCUT2D eigenvalue weighted by atomic mass is 35.5. The number of allylic oxidation sites excluding steroid dienone is 2. The highest BCUT2D eigenvalue weighted by Gasteiger charge is 2.26. The summed E-state index contributed by atoms with van der Waals surface area (Å²) in [5, 5.41) is 0.630. The molecule has 0 N–H and O–H groups in total. The van der Waals surface area contributed by atoms with Crippen molar-refractivity contribution in [2.45, 2.75) is 26.3 Å². The van der Waals surface area contributed by atoms with Crippen molar-refractivity contribution in [2.75, 3.05) is 11.4 Å². The van der Waals surface area contributed by atoms with Crippen LogP contribution in [0.4, 0.5) is 5.69 Å². The van der Waals surface area contributed by atoms with Crippen LogP contribution in [-0.4, -0.2) is 24.1 Å². The Balaban J connectivity index is 1.75. The monoisotopic (exact) mass is 459 g/mol. The van der Waals surface area contributed by atoms with E-state index in [1.54, 1.807) is 18.2 Å². The molecule has 0 unspecified atom stereocenters. The molecule has 0 spiro atoms. The molecule has 0 aliphatic carbocycles. The van der Waals surface area contributed by atoms with Crippen molar-refractivity contribution in [1.29, 1.82) is 0 Å². The molecule has 0 radical (unpaired) electrons. The second-order valence-corrected chi connectivity index (χ2v) is 8.84. The van der Waals surface area contributed by atoms with E-state index in [0.717, 1.165) is 17.0 Å². The van der Waals surface area contributed by atoms with Gasteiger partial charge in [-0.05, 0) is 56.3 Å². The normalized spacial score (nSPS) is 15.2. The summed E-state index contributed by atoms with van der Waals surface area (Å²) < 4.78 is 44.1. The molecule has 2 heterocycles. The van der Waals surface area contributed by atoms with Crippen LogP contribution >= 0.6 is 11.6 Å². The van der Waals surface area contributed by atoms with Gasteiger partial charge in [0.1, 0.15) is 10.1 Å². The first-order valence-electron chi connectivity index (χ1n) is 9.90. The van der Waals surface area contributed by atoms with Gasteiger partial charge in [0.15, 0.2) is 22.7 Å². The standard InChI is InChI=1S/C22H22ClN3O4S/c1-3-24-17-8-5-6-9-18(17)26(15-31(27,28)29)21(24)10-7-11-22-25(4-2)19-14-16(23)12-13-20(19)30-22/h5-14H,3-4,15H2,1-2H3. The first-order valence-corrected chi connectivity index (χ1v) is 11.9. The zero-order chi connectivity index (χ0) is 22.2. The molecule has 4 rings (SSSR count). The fraction of sp³-hybridized carbons (Fsp3) is 0.227. The molecule has 9 heteroatoms. The van der Waals surface area contributed by atoms with Crippen molar-refractivity contribution >= 4 is 44.5 Å². The first-order chi connectivity index (χ1) is 14.8. The number of hydrogen-bond donors (Lipinski definition) is 0. The van der Waals surface area contributed by atoms with Gasteiger partial charge in [-0.15, -0.1) is 0 Å². The van der Waals surface area contributed by atoms with E-state index < -0.39 is 16.0 Å². The number of fused-ring (bicyclic) bond motifs is 2. The Bertz CT molecular complexity index is 1310. The highest BCUT2D eigenvalue weighted by Crippen LogP contribution is 2.40. The van der Waals surface area contributed by atoms with Gasteiger partial charge in [0.2, 0.25) is 5.88 Å². The summed E-state index contributed by atoms with van der Waals surface area (Å²) in [7, 11) is -4.47. The summed E-state index contributed by atoms with van der Waals surface area (Å²) in [4.78, 5) is 2.00. The van der Waals surface area contributed by atoms with Gasteiger partial charge in [-0.25, -0.2) is 17.6 Å². The number of para-hydroxylation sites is 2. The predicted octanol–water partition coefficient (Wildman–Crippen LogP) is 3.88. The predicted molar refractivity (Wildman–Crippen MR) is 120 cm³/mol. The number of imidazole rings is 1. The largest absolute Gasteiger partial charge is 0.745 e. The van der Waals surface area contributed by atoms with Gasteiger partial charge in [-0.2, -0.15) is 0 Å². The maximum absolute atomic E-state index is 11.6. The molecule has 2 aromatic carbocycles. The number of aromatic nitrogens is 2. The number of benzene rings is 2. The molecule has 0 amide bonds. The molecule has 1 aliphatic heterocycles. The van der Waals surface area contributed by atoms with Crippen molar-refractivity contribution in [3.63, 3.8) is 0 Å². The minimum atomic E-state index is -4.47. The van der Waals surface area contributed by atoms with E-state index in [-0.39, 0.29) is 0 Å². The van der Waals surface area contributed by atoms with Crippen LogP contribution in [0, 0.1) is 0 Å². The average Bonchev–Trinajstić information content (AvgIpc) is 3.21. The maximum Gasteiger partial charge on any atom is 0.283 e. The van der Waals surface area contributed by atoms with Crippen LogP contribution < -0.4 is 14.2 Å². The van der Waals surface area contributed by atoms with Crippen molar-refractivity contribution in [3.05, 3.63) is 71.3 Å². The zero-order valence-corrected chi connectivity index (χ0v) is 18.7. The Morgan fingerprint density at radius 2 is 1.94 bits per heavy atom. The lowest BCUT2D eigenvalue weighted by atomic mass is 10.3. The van der Waals surface area contributed by atoms with Crippen LogP contribution in [0.2, 0.25) is 5.02 Å². The Morgan fingerprint density at radius 3 is 2.65 bits per heavy atom. The van der Waals surface area contributed by atoms with Crippen LogP contribution in [0.15, 0.2) is 60.5 Å². The second-order valence-electron chi connectivity index (χ2n) is 7.03. The Morgan fingerprint density at radius 1 is 1.16 bits per heavy atom. The molecule has 0 bridgehead atoms. The number of aryl methyl sites for hydroxylation is 1. The molecular weight excluding hydrogens is 438 g/mol. The number of rotatable bonds is 6. The summed E-state index contributed by atoms with van der Waals surface area (Å²) in [5.74, 6) is 1.33. The molecule has 0 atom stereocenters. The number of anilines is 1. The van der Waals surface area contributed by atoms with Gasteiger partial charge in [0.05, 0.1) is 12.2 Å². The van der Waals surface area contributed by atoms with Gasteiger partial charge in [0, 0.05) is 17.6 Å². The first kappa shape index (κ1) is 21.4. The smallest absolute Gasteiger partial charge is 0.283 e. The van der Waals surface area contributed by atoms with Crippen LogP contribution in [0.1, 0.15) is 19.7 Å². The Kier molecular flexibility index (Phi) is 5.79.